The molecule has 0 unspecified atom stereocenters. The molecule has 132 valence electrons. The van der Waals surface area contributed by atoms with Gasteiger partial charge in [-0.3, -0.25) is 4.79 Å². The molecule has 0 aromatic heterocycles. The lowest BCUT2D eigenvalue weighted by molar-refractivity contribution is -0.124. The van der Waals surface area contributed by atoms with Gasteiger partial charge in [-0.2, -0.15) is 0 Å². The predicted molar refractivity (Wildman–Crippen MR) is 98.7 cm³/mol. The molecule has 0 bridgehead atoms. The third-order valence-electron chi connectivity index (χ3n) is 4.20. The standard InChI is InChI=1S/C21H25NO3/c1-13-8-14(2)10-19(9-13)21(24)25-12-20(23)22-17(5)18-7-6-15(3)16(4)11-18/h6-11,17H,12H2,1-5H3,(H,22,23)/t17-/m1/s1. The second-order valence-electron chi connectivity index (χ2n) is 6.59. The average Bonchev–Trinajstić information content (AvgIpc) is 2.54. The van der Waals surface area contributed by atoms with Gasteiger partial charge in [-0.25, -0.2) is 4.79 Å². The third-order valence-corrected chi connectivity index (χ3v) is 4.20. The van der Waals surface area contributed by atoms with Crippen molar-refractivity contribution < 1.29 is 14.3 Å². The van der Waals surface area contributed by atoms with Crippen molar-refractivity contribution in [3.8, 4) is 0 Å². The van der Waals surface area contributed by atoms with E-state index in [0.29, 0.717) is 5.56 Å². The predicted octanol–water partition coefficient (Wildman–Crippen LogP) is 3.95. The lowest BCUT2D eigenvalue weighted by Crippen LogP contribution is -2.31. The Hall–Kier alpha value is -2.62. The van der Waals surface area contributed by atoms with Gasteiger partial charge in [0.2, 0.25) is 0 Å². The SMILES string of the molecule is Cc1cc(C)cc(C(=O)OCC(=O)N[C@H](C)c2ccc(C)c(C)c2)c1. The van der Waals surface area contributed by atoms with Crippen LogP contribution in [0.5, 0.6) is 0 Å². The zero-order valence-corrected chi connectivity index (χ0v) is 15.5. The maximum absolute atomic E-state index is 12.1. The lowest BCUT2D eigenvalue weighted by Gasteiger charge is -2.16. The number of aryl methyl sites for hydroxylation is 4. The van der Waals surface area contributed by atoms with Crippen LogP contribution in [-0.2, 0) is 9.53 Å². The van der Waals surface area contributed by atoms with Gasteiger partial charge in [0.05, 0.1) is 11.6 Å². The van der Waals surface area contributed by atoms with Crippen molar-refractivity contribution in [3.63, 3.8) is 0 Å². The molecule has 0 radical (unpaired) electrons. The molecule has 2 rings (SSSR count). The van der Waals surface area contributed by atoms with E-state index in [4.69, 9.17) is 4.74 Å². The normalized spacial score (nSPS) is 11.7. The highest BCUT2D eigenvalue weighted by Gasteiger charge is 2.14. The second-order valence-corrected chi connectivity index (χ2v) is 6.59. The summed E-state index contributed by atoms with van der Waals surface area (Å²) in [6, 6.07) is 11.4. The van der Waals surface area contributed by atoms with E-state index >= 15 is 0 Å². The van der Waals surface area contributed by atoms with E-state index < -0.39 is 5.97 Å². The van der Waals surface area contributed by atoms with E-state index in [0.717, 1.165) is 16.7 Å². The summed E-state index contributed by atoms with van der Waals surface area (Å²) in [4.78, 5) is 24.1. The quantitative estimate of drug-likeness (QED) is 0.839. The number of nitrogens with one attached hydrogen (secondary N) is 1. The van der Waals surface area contributed by atoms with Crippen LogP contribution < -0.4 is 5.32 Å². The van der Waals surface area contributed by atoms with Gasteiger partial charge in [0.15, 0.2) is 6.61 Å². The van der Waals surface area contributed by atoms with Crippen molar-refractivity contribution in [3.05, 3.63) is 69.8 Å². The number of hydrogen-bond acceptors (Lipinski definition) is 3. The molecule has 1 amide bonds. The molecule has 4 heteroatoms. The molecule has 4 nitrogen and oxygen atoms in total. The first-order chi connectivity index (χ1) is 11.8. The first kappa shape index (κ1) is 18.7. The third kappa shape index (κ3) is 5.18. The Morgan fingerprint density at radius 1 is 0.960 bits per heavy atom. The number of esters is 1. The lowest BCUT2D eigenvalue weighted by atomic mass is 10.0. The summed E-state index contributed by atoms with van der Waals surface area (Å²) in [7, 11) is 0. The van der Waals surface area contributed by atoms with Gasteiger partial charge >= 0.3 is 5.97 Å². The minimum absolute atomic E-state index is 0.147. The molecular weight excluding hydrogens is 314 g/mol. The molecule has 0 fully saturated rings. The Labute approximate surface area is 149 Å². The molecule has 0 aliphatic carbocycles. The van der Waals surface area contributed by atoms with Crippen LogP contribution in [0.3, 0.4) is 0 Å². The molecule has 2 aromatic rings. The fourth-order valence-corrected chi connectivity index (χ4v) is 2.71. The van der Waals surface area contributed by atoms with Gasteiger partial charge < -0.3 is 10.1 Å². The molecule has 0 heterocycles. The highest BCUT2D eigenvalue weighted by molar-refractivity contribution is 5.91. The van der Waals surface area contributed by atoms with Gasteiger partial charge in [-0.05, 0) is 63.4 Å². The molecule has 2 aromatic carbocycles. The molecule has 0 saturated carbocycles. The molecular formula is C21H25NO3. The summed E-state index contributed by atoms with van der Waals surface area (Å²) in [6.07, 6.45) is 0. The molecule has 0 aliphatic rings. The Morgan fingerprint density at radius 2 is 1.60 bits per heavy atom. The van der Waals surface area contributed by atoms with Gasteiger partial charge in [-0.1, -0.05) is 35.4 Å². The minimum atomic E-state index is -0.485. The van der Waals surface area contributed by atoms with Gasteiger partial charge in [0.25, 0.3) is 5.91 Å². The summed E-state index contributed by atoms with van der Waals surface area (Å²) in [5, 5.41) is 2.86. The van der Waals surface area contributed by atoms with Gasteiger partial charge in [-0.15, -0.1) is 0 Å². The number of carbonyl (C=O) groups is 2. The Balaban J connectivity index is 1.91. The van der Waals surface area contributed by atoms with Crippen molar-refractivity contribution in [2.45, 2.75) is 40.7 Å². The van der Waals surface area contributed by atoms with E-state index in [1.54, 1.807) is 12.1 Å². The van der Waals surface area contributed by atoms with Crippen molar-refractivity contribution in [2.24, 2.45) is 0 Å². The Kier molecular flexibility index (Phi) is 5.97. The molecule has 1 N–H and O–H groups in total. The van der Waals surface area contributed by atoms with Crippen LogP contribution in [0, 0.1) is 27.7 Å². The van der Waals surface area contributed by atoms with Crippen LogP contribution in [0.15, 0.2) is 36.4 Å². The first-order valence-electron chi connectivity index (χ1n) is 8.38. The Bertz CT molecular complexity index is 775. The van der Waals surface area contributed by atoms with Gasteiger partial charge in [0.1, 0.15) is 0 Å². The summed E-state index contributed by atoms with van der Waals surface area (Å²) < 4.78 is 5.13. The van der Waals surface area contributed by atoms with Crippen molar-refractivity contribution in [1.82, 2.24) is 5.32 Å². The van der Waals surface area contributed by atoms with E-state index in [9.17, 15) is 9.59 Å². The van der Waals surface area contributed by atoms with E-state index in [1.807, 2.05) is 45.9 Å². The van der Waals surface area contributed by atoms with Crippen molar-refractivity contribution in [1.29, 1.82) is 0 Å². The zero-order valence-electron chi connectivity index (χ0n) is 15.5. The second kappa shape index (κ2) is 7.97. The Morgan fingerprint density at radius 3 is 2.20 bits per heavy atom. The number of hydrogen-bond donors (Lipinski definition) is 1. The summed E-state index contributed by atoms with van der Waals surface area (Å²) >= 11 is 0. The fourth-order valence-electron chi connectivity index (χ4n) is 2.71. The highest BCUT2D eigenvalue weighted by atomic mass is 16.5. The highest BCUT2D eigenvalue weighted by Crippen LogP contribution is 2.16. The molecule has 0 spiro atoms. The fraction of sp³-hybridized carbons (Fsp3) is 0.333. The topological polar surface area (TPSA) is 55.4 Å². The number of carbonyl (C=O) groups excluding carboxylic acids is 2. The molecule has 25 heavy (non-hydrogen) atoms. The van der Waals surface area contributed by atoms with Crippen molar-refractivity contribution >= 4 is 11.9 Å². The monoisotopic (exact) mass is 339 g/mol. The largest absolute Gasteiger partial charge is 0.452 e. The number of rotatable bonds is 5. The maximum atomic E-state index is 12.1. The number of amides is 1. The van der Waals surface area contributed by atoms with Crippen LogP contribution >= 0.6 is 0 Å². The van der Waals surface area contributed by atoms with Crippen LogP contribution in [-0.4, -0.2) is 18.5 Å². The van der Waals surface area contributed by atoms with Crippen LogP contribution in [0.1, 0.15) is 51.1 Å². The maximum Gasteiger partial charge on any atom is 0.338 e. The average molecular weight is 339 g/mol. The van der Waals surface area contributed by atoms with Gasteiger partial charge in [0, 0.05) is 0 Å². The summed E-state index contributed by atoms with van der Waals surface area (Å²) in [6.45, 7) is 9.55. The number of ether oxygens (including phenoxy) is 1. The van der Waals surface area contributed by atoms with E-state index in [1.165, 1.54) is 11.1 Å². The molecule has 0 saturated heterocycles. The minimum Gasteiger partial charge on any atom is -0.452 e. The van der Waals surface area contributed by atoms with E-state index in [2.05, 4.69) is 18.3 Å². The molecule has 0 aliphatic heterocycles. The summed E-state index contributed by atoms with van der Waals surface area (Å²) in [5.41, 5.74) is 5.86. The van der Waals surface area contributed by atoms with Crippen LogP contribution in [0.2, 0.25) is 0 Å². The first-order valence-corrected chi connectivity index (χ1v) is 8.38. The van der Waals surface area contributed by atoms with E-state index in [-0.39, 0.29) is 18.6 Å². The smallest absolute Gasteiger partial charge is 0.338 e. The zero-order chi connectivity index (χ0) is 18.6. The number of benzene rings is 2. The summed E-state index contributed by atoms with van der Waals surface area (Å²) in [5.74, 6) is -0.802. The van der Waals surface area contributed by atoms with Crippen LogP contribution in [0.25, 0.3) is 0 Å². The molecule has 1 atom stereocenters. The van der Waals surface area contributed by atoms with Crippen LogP contribution in [0.4, 0.5) is 0 Å². The van der Waals surface area contributed by atoms with Crippen molar-refractivity contribution in [2.75, 3.05) is 6.61 Å².